The van der Waals surface area contributed by atoms with E-state index in [1.165, 1.54) is 23.3 Å². The predicted octanol–water partition coefficient (Wildman–Crippen LogP) is 2.17. The molecule has 1 aromatic carbocycles. The molecule has 3 aromatic rings. The monoisotopic (exact) mass is 394 g/mol. The molecule has 1 amide bonds. The Balaban J connectivity index is 1.66. The van der Waals surface area contributed by atoms with Crippen LogP contribution in [0.3, 0.4) is 0 Å². The number of carbonyl (C=O) groups is 2. The first kappa shape index (κ1) is 17.9. The number of carbonyl (C=O) groups excluding carboxylic acids is 1. The standard InChI is InChI=1S/C15H12Cl2N6O3/c16-10-2-1-3-11(17)9(10)6-22-8-18-15(21-22)20-13(24)7-23-12(14(25)26)4-5-19-23/h1-5,8H,6-7H2,(H,25,26)(H,20,21,24). The number of nitrogens with one attached hydrogen (secondary N) is 1. The van der Waals surface area contributed by atoms with Crippen LogP contribution < -0.4 is 5.32 Å². The number of benzene rings is 1. The molecule has 11 heteroatoms. The van der Waals surface area contributed by atoms with Gasteiger partial charge in [-0.3, -0.25) is 10.1 Å². The minimum absolute atomic E-state index is 0.0715. The van der Waals surface area contributed by atoms with E-state index in [2.05, 4.69) is 20.5 Å². The van der Waals surface area contributed by atoms with Crippen LogP contribution in [0.25, 0.3) is 0 Å². The van der Waals surface area contributed by atoms with Crippen LogP contribution in [0, 0.1) is 0 Å². The Morgan fingerprint density at radius 2 is 1.92 bits per heavy atom. The van der Waals surface area contributed by atoms with Gasteiger partial charge in [-0.2, -0.15) is 5.10 Å². The topological polar surface area (TPSA) is 115 Å². The van der Waals surface area contributed by atoms with Crippen molar-refractivity contribution >= 4 is 41.0 Å². The highest BCUT2D eigenvalue weighted by molar-refractivity contribution is 6.35. The largest absolute Gasteiger partial charge is 0.477 e. The first-order chi connectivity index (χ1) is 12.4. The summed E-state index contributed by atoms with van der Waals surface area (Å²) in [5.74, 6) is -1.61. The molecule has 9 nitrogen and oxygen atoms in total. The third-order valence-electron chi connectivity index (χ3n) is 3.40. The maximum absolute atomic E-state index is 12.0. The fourth-order valence-electron chi connectivity index (χ4n) is 2.21. The van der Waals surface area contributed by atoms with E-state index in [9.17, 15) is 9.59 Å². The smallest absolute Gasteiger partial charge is 0.354 e. The minimum atomic E-state index is -1.17. The number of rotatable bonds is 6. The van der Waals surface area contributed by atoms with Crippen molar-refractivity contribution in [1.29, 1.82) is 0 Å². The van der Waals surface area contributed by atoms with Gasteiger partial charge in [-0.05, 0) is 18.2 Å². The van der Waals surface area contributed by atoms with Gasteiger partial charge in [0.1, 0.15) is 18.6 Å². The van der Waals surface area contributed by atoms with Crippen molar-refractivity contribution in [3.63, 3.8) is 0 Å². The first-order valence-electron chi connectivity index (χ1n) is 7.31. The van der Waals surface area contributed by atoms with Crippen LogP contribution in [0.5, 0.6) is 0 Å². The van der Waals surface area contributed by atoms with Gasteiger partial charge < -0.3 is 5.11 Å². The number of carboxylic acids is 1. The summed E-state index contributed by atoms with van der Waals surface area (Å²) in [5.41, 5.74) is 0.591. The van der Waals surface area contributed by atoms with Crippen molar-refractivity contribution in [2.75, 3.05) is 5.32 Å². The van der Waals surface area contributed by atoms with Crippen LogP contribution in [0.4, 0.5) is 5.95 Å². The van der Waals surface area contributed by atoms with Crippen LogP contribution in [-0.4, -0.2) is 41.5 Å². The van der Waals surface area contributed by atoms with Crippen LogP contribution in [0.2, 0.25) is 10.0 Å². The van der Waals surface area contributed by atoms with E-state index in [1.807, 2.05) is 0 Å². The Kier molecular flexibility index (Phi) is 5.19. The fourth-order valence-corrected chi connectivity index (χ4v) is 2.73. The lowest BCUT2D eigenvalue weighted by molar-refractivity contribution is -0.117. The highest BCUT2D eigenvalue weighted by Gasteiger charge is 2.15. The number of anilines is 1. The molecule has 0 atom stereocenters. The molecule has 2 heterocycles. The van der Waals surface area contributed by atoms with E-state index in [0.29, 0.717) is 15.6 Å². The lowest BCUT2D eigenvalue weighted by Gasteiger charge is -2.06. The Bertz CT molecular complexity index is 948. The van der Waals surface area contributed by atoms with Gasteiger partial charge in [-0.15, -0.1) is 5.10 Å². The van der Waals surface area contributed by atoms with Crippen molar-refractivity contribution in [3.8, 4) is 0 Å². The first-order valence-corrected chi connectivity index (χ1v) is 8.07. The summed E-state index contributed by atoms with van der Waals surface area (Å²) in [6.07, 6.45) is 2.73. The average molecular weight is 395 g/mol. The molecular formula is C15H12Cl2N6O3. The molecule has 2 N–H and O–H groups in total. The highest BCUT2D eigenvalue weighted by Crippen LogP contribution is 2.24. The SMILES string of the molecule is O=C(Cn1nccc1C(=O)O)Nc1ncn(Cc2c(Cl)cccc2Cl)n1. The molecule has 0 saturated carbocycles. The summed E-state index contributed by atoms with van der Waals surface area (Å²) in [4.78, 5) is 27.0. The highest BCUT2D eigenvalue weighted by atomic mass is 35.5. The van der Waals surface area contributed by atoms with E-state index in [1.54, 1.807) is 18.2 Å². The Morgan fingerprint density at radius 3 is 2.62 bits per heavy atom. The molecule has 26 heavy (non-hydrogen) atoms. The summed E-state index contributed by atoms with van der Waals surface area (Å²) in [6.45, 7) is 0.00319. The zero-order valence-corrected chi connectivity index (χ0v) is 14.6. The van der Waals surface area contributed by atoms with Crippen LogP contribution in [-0.2, 0) is 17.9 Å². The molecule has 0 saturated heterocycles. The van der Waals surface area contributed by atoms with Crippen LogP contribution in [0.1, 0.15) is 16.1 Å². The van der Waals surface area contributed by atoms with Gasteiger partial charge in [-0.25, -0.2) is 19.1 Å². The molecule has 0 aliphatic carbocycles. The molecule has 0 unspecified atom stereocenters. The molecule has 3 rings (SSSR count). The zero-order valence-electron chi connectivity index (χ0n) is 13.1. The summed E-state index contributed by atoms with van der Waals surface area (Å²) in [5, 5.41) is 20.4. The second-order valence-corrected chi connectivity index (χ2v) is 6.01. The van der Waals surface area contributed by atoms with Crippen molar-refractivity contribution < 1.29 is 14.7 Å². The zero-order chi connectivity index (χ0) is 18.7. The van der Waals surface area contributed by atoms with E-state index in [0.717, 1.165) is 4.68 Å². The van der Waals surface area contributed by atoms with E-state index in [-0.39, 0.29) is 24.7 Å². The number of hydrogen-bond acceptors (Lipinski definition) is 5. The maximum Gasteiger partial charge on any atom is 0.354 e. The maximum atomic E-state index is 12.0. The molecule has 0 aliphatic rings. The van der Waals surface area contributed by atoms with Gasteiger partial charge in [0.05, 0.1) is 6.54 Å². The predicted molar refractivity (Wildman–Crippen MR) is 93.4 cm³/mol. The van der Waals surface area contributed by atoms with Gasteiger partial charge in [0.25, 0.3) is 0 Å². The number of nitrogens with zero attached hydrogens (tertiary/aromatic N) is 5. The van der Waals surface area contributed by atoms with Crippen molar-refractivity contribution in [2.45, 2.75) is 13.1 Å². The number of amides is 1. The van der Waals surface area contributed by atoms with E-state index in [4.69, 9.17) is 28.3 Å². The third-order valence-corrected chi connectivity index (χ3v) is 4.11. The average Bonchev–Trinajstić information content (AvgIpc) is 3.20. The molecule has 134 valence electrons. The van der Waals surface area contributed by atoms with Gasteiger partial charge in [0.2, 0.25) is 11.9 Å². The van der Waals surface area contributed by atoms with Crippen molar-refractivity contribution in [3.05, 3.63) is 58.1 Å². The lowest BCUT2D eigenvalue weighted by atomic mass is 10.2. The number of carboxylic acid groups (broad SMARTS) is 1. The number of aromatic carboxylic acids is 1. The molecule has 0 bridgehead atoms. The second-order valence-electron chi connectivity index (χ2n) is 5.19. The summed E-state index contributed by atoms with van der Waals surface area (Å²) < 4.78 is 2.54. The molecule has 0 aliphatic heterocycles. The second kappa shape index (κ2) is 7.54. The Labute approximate surface area is 157 Å². The molecule has 0 radical (unpaired) electrons. The Morgan fingerprint density at radius 1 is 1.19 bits per heavy atom. The summed E-state index contributed by atoms with van der Waals surface area (Å²) in [6, 6.07) is 6.47. The number of aromatic nitrogens is 5. The van der Waals surface area contributed by atoms with Crippen LogP contribution >= 0.6 is 23.2 Å². The Hall–Kier alpha value is -2.91. The third kappa shape index (κ3) is 4.01. The molecule has 0 fully saturated rings. The van der Waals surface area contributed by atoms with Gasteiger partial charge in [0, 0.05) is 21.8 Å². The van der Waals surface area contributed by atoms with Crippen molar-refractivity contribution in [2.24, 2.45) is 0 Å². The van der Waals surface area contributed by atoms with E-state index < -0.39 is 11.9 Å². The normalized spacial score (nSPS) is 10.7. The molecule has 0 spiro atoms. The summed E-state index contributed by atoms with van der Waals surface area (Å²) in [7, 11) is 0. The van der Waals surface area contributed by atoms with Gasteiger partial charge in [0.15, 0.2) is 0 Å². The molecule has 2 aromatic heterocycles. The van der Waals surface area contributed by atoms with Gasteiger partial charge in [-0.1, -0.05) is 29.3 Å². The minimum Gasteiger partial charge on any atom is -0.477 e. The summed E-state index contributed by atoms with van der Waals surface area (Å²) >= 11 is 12.2. The van der Waals surface area contributed by atoms with Gasteiger partial charge >= 0.3 is 5.97 Å². The number of halogens is 2. The quantitative estimate of drug-likeness (QED) is 0.661. The van der Waals surface area contributed by atoms with Crippen molar-refractivity contribution in [1.82, 2.24) is 24.5 Å². The van der Waals surface area contributed by atoms with E-state index >= 15 is 0 Å². The van der Waals surface area contributed by atoms with Crippen LogP contribution in [0.15, 0.2) is 36.8 Å². The fraction of sp³-hybridized carbons (Fsp3) is 0.133. The lowest BCUT2D eigenvalue weighted by Crippen LogP contribution is -2.22. The number of hydrogen-bond donors (Lipinski definition) is 2. The molecular weight excluding hydrogens is 383 g/mol.